The first kappa shape index (κ1) is 16.3. The second kappa shape index (κ2) is 6.76. The third-order valence-electron chi connectivity index (χ3n) is 5.63. The number of nitrogens with one attached hydrogen (secondary N) is 1. The molecule has 0 aromatic rings. The molecule has 0 spiro atoms. The standard InChI is InChI=1S/C17H34N2O/c1-17(2,3)14-6-7-16(18-4)13(10-14)11-19-9-8-15(12-19)20-5/h13-16,18H,6-12H2,1-5H3. The van der Waals surface area contributed by atoms with E-state index >= 15 is 0 Å². The van der Waals surface area contributed by atoms with Gasteiger partial charge in [-0.25, -0.2) is 0 Å². The molecule has 4 unspecified atom stereocenters. The van der Waals surface area contributed by atoms with Crippen LogP contribution in [0.25, 0.3) is 0 Å². The molecule has 3 nitrogen and oxygen atoms in total. The minimum Gasteiger partial charge on any atom is -0.380 e. The van der Waals surface area contributed by atoms with E-state index in [9.17, 15) is 0 Å². The van der Waals surface area contributed by atoms with Crippen LogP contribution in [0.2, 0.25) is 0 Å². The Bertz CT molecular complexity index is 300. The molecule has 2 rings (SSSR count). The van der Waals surface area contributed by atoms with Crippen molar-refractivity contribution < 1.29 is 4.74 Å². The van der Waals surface area contributed by atoms with Gasteiger partial charge in [0.1, 0.15) is 0 Å². The molecule has 0 amide bonds. The van der Waals surface area contributed by atoms with Gasteiger partial charge in [-0.1, -0.05) is 20.8 Å². The van der Waals surface area contributed by atoms with E-state index < -0.39 is 0 Å². The van der Waals surface area contributed by atoms with E-state index in [2.05, 4.69) is 38.0 Å². The number of methoxy groups -OCH3 is 1. The molecule has 2 fully saturated rings. The molecule has 1 N–H and O–H groups in total. The topological polar surface area (TPSA) is 24.5 Å². The summed E-state index contributed by atoms with van der Waals surface area (Å²) in [6.45, 7) is 10.8. The van der Waals surface area contributed by atoms with Crippen molar-refractivity contribution in [1.82, 2.24) is 10.2 Å². The molecule has 1 saturated carbocycles. The van der Waals surface area contributed by atoms with E-state index in [4.69, 9.17) is 4.74 Å². The summed E-state index contributed by atoms with van der Waals surface area (Å²) in [5.74, 6) is 1.67. The average molecular weight is 282 g/mol. The largest absolute Gasteiger partial charge is 0.380 e. The first-order valence-electron chi connectivity index (χ1n) is 8.36. The van der Waals surface area contributed by atoms with Crippen molar-refractivity contribution in [3.63, 3.8) is 0 Å². The van der Waals surface area contributed by atoms with Crippen molar-refractivity contribution >= 4 is 0 Å². The highest BCUT2D eigenvalue weighted by atomic mass is 16.5. The van der Waals surface area contributed by atoms with Crippen LogP contribution in [-0.2, 0) is 4.74 Å². The molecule has 0 radical (unpaired) electrons. The molecule has 2 aliphatic rings. The molecule has 118 valence electrons. The predicted molar refractivity (Wildman–Crippen MR) is 85.0 cm³/mol. The van der Waals surface area contributed by atoms with E-state index in [1.165, 1.54) is 38.8 Å². The highest BCUT2D eigenvalue weighted by molar-refractivity contribution is 4.91. The van der Waals surface area contributed by atoms with Crippen molar-refractivity contribution in [2.24, 2.45) is 17.3 Å². The zero-order valence-corrected chi connectivity index (χ0v) is 14.1. The van der Waals surface area contributed by atoms with E-state index in [1.807, 2.05) is 7.11 Å². The van der Waals surface area contributed by atoms with Gasteiger partial charge in [0.15, 0.2) is 0 Å². The zero-order chi connectivity index (χ0) is 14.8. The Morgan fingerprint density at radius 2 is 1.95 bits per heavy atom. The van der Waals surface area contributed by atoms with Crippen molar-refractivity contribution in [3.8, 4) is 0 Å². The summed E-state index contributed by atoms with van der Waals surface area (Å²) in [4.78, 5) is 2.62. The SMILES string of the molecule is CNC1CCC(C(C)(C)C)CC1CN1CCC(OC)C1. The van der Waals surface area contributed by atoms with Gasteiger partial charge >= 0.3 is 0 Å². The molecule has 1 saturated heterocycles. The second-order valence-electron chi connectivity index (χ2n) is 7.94. The van der Waals surface area contributed by atoms with E-state index in [0.29, 0.717) is 17.6 Å². The summed E-state index contributed by atoms with van der Waals surface area (Å²) in [5.41, 5.74) is 0.455. The minimum atomic E-state index is 0.455. The Labute approximate surface area is 125 Å². The fourth-order valence-electron chi connectivity index (χ4n) is 4.12. The van der Waals surface area contributed by atoms with Gasteiger partial charge in [0.25, 0.3) is 0 Å². The molecule has 0 aromatic heterocycles. The van der Waals surface area contributed by atoms with Crippen molar-refractivity contribution in [2.45, 2.75) is 58.6 Å². The minimum absolute atomic E-state index is 0.455. The molecular weight excluding hydrogens is 248 g/mol. The van der Waals surface area contributed by atoms with E-state index in [-0.39, 0.29) is 0 Å². The Hall–Kier alpha value is -0.120. The number of rotatable bonds is 4. The maximum atomic E-state index is 5.50. The summed E-state index contributed by atoms with van der Waals surface area (Å²) < 4.78 is 5.50. The van der Waals surface area contributed by atoms with Gasteiger partial charge in [-0.15, -0.1) is 0 Å². The maximum absolute atomic E-state index is 5.50. The van der Waals surface area contributed by atoms with Crippen LogP contribution in [0, 0.1) is 17.3 Å². The quantitative estimate of drug-likeness (QED) is 0.858. The molecule has 0 bridgehead atoms. The average Bonchev–Trinajstić information content (AvgIpc) is 2.85. The van der Waals surface area contributed by atoms with Crippen LogP contribution < -0.4 is 5.32 Å². The Morgan fingerprint density at radius 1 is 1.20 bits per heavy atom. The van der Waals surface area contributed by atoms with Crippen LogP contribution in [0.3, 0.4) is 0 Å². The molecule has 1 aliphatic heterocycles. The van der Waals surface area contributed by atoms with Crippen LogP contribution in [-0.4, -0.2) is 50.8 Å². The number of hydrogen-bond acceptors (Lipinski definition) is 3. The maximum Gasteiger partial charge on any atom is 0.0710 e. The van der Waals surface area contributed by atoms with Crippen molar-refractivity contribution in [3.05, 3.63) is 0 Å². The normalized spacial score (nSPS) is 36.5. The van der Waals surface area contributed by atoms with Crippen LogP contribution in [0.4, 0.5) is 0 Å². The molecule has 0 aromatic carbocycles. The first-order chi connectivity index (χ1) is 9.44. The Balaban J connectivity index is 1.92. The lowest BCUT2D eigenvalue weighted by Gasteiger charge is -2.43. The van der Waals surface area contributed by atoms with E-state index in [0.717, 1.165) is 18.4 Å². The molecule has 1 aliphatic carbocycles. The third-order valence-corrected chi connectivity index (χ3v) is 5.63. The van der Waals surface area contributed by atoms with Crippen LogP contribution >= 0.6 is 0 Å². The summed E-state index contributed by atoms with van der Waals surface area (Å²) >= 11 is 0. The monoisotopic (exact) mass is 282 g/mol. The second-order valence-corrected chi connectivity index (χ2v) is 7.94. The van der Waals surface area contributed by atoms with Gasteiger partial charge in [-0.2, -0.15) is 0 Å². The summed E-state index contributed by atoms with van der Waals surface area (Å²) in [6.07, 6.45) is 5.76. The number of hydrogen-bond donors (Lipinski definition) is 1. The first-order valence-corrected chi connectivity index (χ1v) is 8.36. The van der Waals surface area contributed by atoms with Crippen LogP contribution in [0.5, 0.6) is 0 Å². The fourth-order valence-corrected chi connectivity index (χ4v) is 4.12. The van der Waals surface area contributed by atoms with Gasteiger partial charge in [-0.05, 0) is 50.0 Å². The van der Waals surface area contributed by atoms with Crippen molar-refractivity contribution in [2.75, 3.05) is 33.8 Å². The molecule has 3 heteroatoms. The summed E-state index contributed by atoms with van der Waals surface area (Å²) in [6, 6.07) is 0.704. The number of nitrogens with zero attached hydrogens (tertiary/aromatic N) is 1. The van der Waals surface area contributed by atoms with Crippen LogP contribution in [0.1, 0.15) is 46.5 Å². The fraction of sp³-hybridized carbons (Fsp3) is 1.00. The van der Waals surface area contributed by atoms with Gasteiger partial charge in [0.05, 0.1) is 6.10 Å². The van der Waals surface area contributed by atoms with Crippen LogP contribution in [0.15, 0.2) is 0 Å². The molecule has 20 heavy (non-hydrogen) atoms. The highest BCUT2D eigenvalue weighted by Crippen LogP contribution is 2.40. The molecule has 4 atom stereocenters. The smallest absolute Gasteiger partial charge is 0.0710 e. The highest BCUT2D eigenvalue weighted by Gasteiger charge is 2.36. The molecule has 1 heterocycles. The van der Waals surface area contributed by atoms with Gasteiger partial charge < -0.3 is 15.0 Å². The van der Waals surface area contributed by atoms with Crippen molar-refractivity contribution in [1.29, 1.82) is 0 Å². The lowest BCUT2D eigenvalue weighted by molar-refractivity contribution is 0.0812. The number of likely N-dealkylation sites (tertiary alicyclic amines) is 1. The van der Waals surface area contributed by atoms with E-state index in [1.54, 1.807) is 0 Å². The van der Waals surface area contributed by atoms with Gasteiger partial charge in [0, 0.05) is 32.8 Å². The third kappa shape index (κ3) is 3.96. The summed E-state index contributed by atoms with van der Waals surface area (Å²) in [7, 11) is 3.98. The lowest BCUT2D eigenvalue weighted by Crippen LogP contribution is -2.46. The lowest BCUT2D eigenvalue weighted by atomic mass is 9.67. The summed E-state index contributed by atoms with van der Waals surface area (Å²) in [5, 5.41) is 3.57. The Kier molecular flexibility index (Phi) is 5.49. The molecular formula is C17H34N2O. The van der Waals surface area contributed by atoms with Gasteiger partial charge in [0.2, 0.25) is 0 Å². The van der Waals surface area contributed by atoms with Gasteiger partial charge in [-0.3, -0.25) is 0 Å². The predicted octanol–water partition coefficient (Wildman–Crippen LogP) is 2.76. The zero-order valence-electron chi connectivity index (χ0n) is 14.1. The number of ether oxygens (including phenoxy) is 1. The Morgan fingerprint density at radius 3 is 2.50 bits per heavy atom.